The molecule has 6 heteroatoms. The van der Waals surface area contributed by atoms with E-state index in [2.05, 4.69) is 15.6 Å². The quantitative estimate of drug-likeness (QED) is 0.693. The lowest BCUT2D eigenvalue weighted by Gasteiger charge is -2.56. The fraction of sp³-hybridized carbons (Fsp3) is 0.667. The van der Waals surface area contributed by atoms with E-state index in [1.54, 1.807) is 0 Å². The van der Waals surface area contributed by atoms with E-state index in [9.17, 15) is 9.59 Å². The summed E-state index contributed by atoms with van der Waals surface area (Å²) >= 11 is 0. The zero-order valence-electron chi connectivity index (χ0n) is 19.5. The monoisotopic (exact) mass is 448 g/mol. The molecule has 4 bridgehead atoms. The van der Waals surface area contributed by atoms with Gasteiger partial charge >= 0.3 is 0 Å². The second kappa shape index (κ2) is 8.44. The van der Waals surface area contributed by atoms with E-state index in [0.717, 1.165) is 42.8 Å². The minimum Gasteiger partial charge on any atom is -0.353 e. The number of aromatic nitrogens is 2. The zero-order valence-corrected chi connectivity index (χ0v) is 19.5. The van der Waals surface area contributed by atoms with Gasteiger partial charge in [0, 0.05) is 18.8 Å². The van der Waals surface area contributed by atoms with Gasteiger partial charge in [0.1, 0.15) is 11.3 Å². The lowest BCUT2D eigenvalue weighted by atomic mass is 9.49. The lowest BCUT2D eigenvalue weighted by molar-refractivity contribution is -0.121. The number of pyridine rings is 1. The number of rotatable bonds is 6. The molecule has 5 aliphatic carbocycles. The fourth-order valence-electron chi connectivity index (χ4n) is 7.89. The van der Waals surface area contributed by atoms with Gasteiger partial charge in [-0.2, -0.15) is 0 Å². The highest BCUT2D eigenvalue weighted by Gasteiger charge is 2.50. The molecule has 5 fully saturated rings. The highest BCUT2D eigenvalue weighted by atomic mass is 16.2. The van der Waals surface area contributed by atoms with Crippen molar-refractivity contribution in [1.82, 2.24) is 20.0 Å². The van der Waals surface area contributed by atoms with E-state index >= 15 is 0 Å². The van der Waals surface area contributed by atoms with Crippen molar-refractivity contribution in [3.05, 3.63) is 35.8 Å². The molecule has 2 aromatic rings. The van der Waals surface area contributed by atoms with Crippen molar-refractivity contribution >= 4 is 17.5 Å². The molecule has 176 valence electrons. The lowest BCUT2D eigenvalue weighted by Crippen LogP contribution is -2.51. The molecule has 2 N–H and O–H groups in total. The van der Waals surface area contributed by atoms with Crippen molar-refractivity contribution in [3.63, 3.8) is 0 Å². The minimum absolute atomic E-state index is 0.0260. The van der Waals surface area contributed by atoms with Crippen LogP contribution in [-0.2, 0) is 11.2 Å². The summed E-state index contributed by atoms with van der Waals surface area (Å²) < 4.78 is 1.85. The van der Waals surface area contributed by atoms with E-state index in [1.165, 1.54) is 57.8 Å². The third-order valence-electron chi connectivity index (χ3n) is 8.88. The number of fused-ring (bicyclic) bond motifs is 1. The molecule has 2 heterocycles. The molecule has 0 atom stereocenters. The number of nitrogens with one attached hydrogen (secondary N) is 2. The van der Waals surface area contributed by atoms with Crippen LogP contribution < -0.4 is 10.6 Å². The summed E-state index contributed by atoms with van der Waals surface area (Å²) in [5.41, 5.74) is 2.35. The molecule has 6 nitrogen and oxygen atoms in total. The Kier molecular flexibility index (Phi) is 5.42. The Hall–Kier alpha value is -2.37. The van der Waals surface area contributed by atoms with Crippen LogP contribution in [0.1, 0.15) is 86.8 Å². The maximum atomic E-state index is 13.2. The topological polar surface area (TPSA) is 75.5 Å². The molecule has 0 radical (unpaired) electrons. The minimum atomic E-state index is -0.0352. The van der Waals surface area contributed by atoms with Crippen molar-refractivity contribution < 1.29 is 9.59 Å². The molecular formula is C27H36N4O2. The molecule has 0 unspecified atom stereocenters. The predicted molar refractivity (Wildman–Crippen MR) is 127 cm³/mol. The average molecular weight is 449 g/mol. The number of nitrogens with zero attached hydrogens (tertiary/aromatic N) is 2. The molecule has 5 saturated carbocycles. The Morgan fingerprint density at radius 1 is 1.00 bits per heavy atom. The van der Waals surface area contributed by atoms with Crippen molar-refractivity contribution in [2.24, 2.45) is 23.2 Å². The average Bonchev–Trinajstić information content (AvgIpc) is 3.19. The van der Waals surface area contributed by atoms with Crippen LogP contribution in [0.5, 0.6) is 0 Å². The Bertz CT molecular complexity index is 1020. The van der Waals surface area contributed by atoms with Gasteiger partial charge in [-0.05, 0) is 86.7 Å². The first-order chi connectivity index (χ1) is 16.1. The number of hydrogen-bond acceptors (Lipinski definition) is 3. The van der Waals surface area contributed by atoms with Gasteiger partial charge in [-0.15, -0.1) is 0 Å². The maximum Gasteiger partial charge on any atom is 0.268 e. The summed E-state index contributed by atoms with van der Waals surface area (Å²) in [6.07, 6.45) is 16.0. The van der Waals surface area contributed by atoms with Gasteiger partial charge in [0.05, 0.1) is 12.1 Å². The Morgan fingerprint density at radius 2 is 1.70 bits per heavy atom. The van der Waals surface area contributed by atoms with Crippen LogP contribution >= 0.6 is 0 Å². The molecule has 2 amide bonds. The molecule has 0 saturated heterocycles. The highest BCUT2D eigenvalue weighted by Crippen LogP contribution is 2.59. The van der Waals surface area contributed by atoms with Crippen LogP contribution in [0.15, 0.2) is 24.4 Å². The van der Waals surface area contributed by atoms with Crippen LogP contribution in [0.3, 0.4) is 0 Å². The van der Waals surface area contributed by atoms with Crippen molar-refractivity contribution in [2.75, 3.05) is 6.54 Å². The van der Waals surface area contributed by atoms with Gasteiger partial charge < -0.3 is 10.6 Å². The van der Waals surface area contributed by atoms with Gasteiger partial charge in [0.2, 0.25) is 5.91 Å². The Balaban J connectivity index is 1.12. The summed E-state index contributed by atoms with van der Waals surface area (Å²) in [7, 11) is 0. The van der Waals surface area contributed by atoms with Crippen LogP contribution in [0.25, 0.3) is 5.65 Å². The molecule has 0 spiro atoms. The standard InChI is InChI=1S/C27H36N4O2/c32-25(30-21-5-2-1-3-6-21)12-22-16-31-23(7-4-8-24(31)29-22)26(33)28-17-27-13-18-9-19(14-27)11-20(10-18)15-27/h4,7-8,16,18-21H,1-3,5-6,9-15,17H2,(H,28,33)(H,30,32). The van der Waals surface area contributed by atoms with Crippen LogP contribution in [0, 0.1) is 23.2 Å². The number of amides is 2. The first-order valence-electron chi connectivity index (χ1n) is 13.1. The largest absolute Gasteiger partial charge is 0.353 e. The molecule has 0 aliphatic heterocycles. The highest BCUT2D eigenvalue weighted by molar-refractivity contribution is 5.93. The fourth-order valence-corrected chi connectivity index (χ4v) is 7.89. The molecule has 2 aromatic heterocycles. The number of hydrogen-bond donors (Lipinski definition) is 2. The smallest absolute Gasteiger partial charge is 0.268 e. The third kappa shape index (κ3) is 4.29. The summed E-state index contributed by atoms with van der Waals surface area (Å²) in [4.78, 5) is 30.4. The summed E-state index contributed by atoms with van der Waals surface area (Å²) in [6.45, 7) is 0.789. The first kappa shape index (κ1) is 21.2. The number of carbonyl (C=O) groups is 2. The summed E-state index contributed by atoms with van der Waals surface area (Å²) in [6, 6.07) is 5.94. The zero-order chi connectivity index (χ0) is 22.4. The van der Waals surface area contributed by atoms with Crippen molar-refractivity contribution in [3.8, 4) is 0 Å². The number of imidazole rings is 1. The van der Waals surface area contributed by atoms with Crippen molar-refractivity contribution in [2.45, 2.75) is 83.1 Å². The second-order valence-electron chi connectivity index (χ2n) is 11.6. The molecule has 7 rings (SSSR count). The Morgan fingerprint density at radius 3 is 2.39 bits per heavy atom. The van der Waals surface area contributed by atoms with E-state index < -0.39 is 0 Å². The van der Waals surface area contributed by atoms with Gasteiger partial charge in [0.15, 0.2) is 0 Å². The van der Waals surface area contributed by atoms with Crippen LogP contribution in [-0.4, -0.2) is 33.8 Å². The SMILES string of the molecule is O=C(Cc1cn2c(C(=O)NCC34CC5CC(CC(C5)C3)C4)cccc2n1)NC1CCCCC1. The van der Waals surface area contributed by atoms with E-state index in [-0.39, 0.29) is 18.2 Å². The van der Waals surface area contributed by atoms with Crippen LogP contribution in [0.2, 0.25) is 0 Å². The normalized spacial score (nSPS) is 31.1. The van der Waals surface area contributed by atoms with E-state index in [1.807, 2.05) is 28.8 Å². The van der Waals surface area contributed by atoms with E-state index in [4.69, 9.17) is 0 Å². The molecule has 33 heavy (non-hydrogen) atoms. The van der Waals surface area contributed by atoms with Gasteiger partial charge in [-0.25, -0.2) is 4.98 Å². The third-order valence-corrected chi connectivity index (χ3v) is 8.88. The van der Waals surface area contributed by atoms with E-state index in [0.29, 0.717) is 22.8 Å². The molecule has 0 aromatic carbocycles. The Labute approximate surface area is 195 Å². The maximum absolute atomic E-state index is 13.2. The second-order valence-corrected chi connectivity index (χ2v) is 11.6. The van der Waals surface area contributed by atoms with Gasteiger partial charge in [-0.3, -0.25) is 14.0 Å². The number of carbonyl (C=O) groups excluding carboxylic acids is 2. The summed E-state index contributed by atoms with van der Waals surface area (Å²) in [5, 5.41) is 6.45. The van der Waals surface area contributed by atoms with Crippen LogP contribution in [0.4, 0.5) is 0 Å². The first-order valence-corrected chi connectivity index (χ1v) is 13.1. The summed E-state index contributed by atoms with van der Waals surface area (Å²) in [5.74, 6) is 2.64. The van der Waals surface area contributed by atoms with Gasteiger partial charge in [0.25, 0.3) is 5.91 Å². The van der Waals surface area contributed by atoms with Crippen molar-refractivity contribution in [1.29, 1.82) is 0 Å². The predicted octanol–water partition coefficient (Wildman–Crippen LogP) is 4.27. The molecule has 5 aliphatic rings. The molecular weight excluding hydrogens is 412 g/mol. The van der Waals surface area contributed by atoms with Gasteiger partial charge in [-0.1, -0.05) is 25.3 Å².